The van der Waals surface area contributed by atoms with E-state index in [1.54, 1.807) is 0 Å². The van der Waals surface area contributed by atoms with Crippen LogP contribution in [0.4, 0.5) is 0 Å². The summed E-state index contributed by atoms with van der Waals surface area (Å²) >= 11 is 3.87. The summed E-state index contributed by atoms with van der Waals surface area (Å²) in [6.45, 7) is 5.33. The highest BCUT2D eigenvalue weighted by Crippen LogP contribution is 2.43. The highest BCUT2D eigenvalue weighted by molar-refractivity contribution is 9.09. The molecule has 0 aromatic heterocycles. The summed E-state index contributed by atoms with van der Waals surface area (Å²) < 4.78 is 11.3. The third kappa shape index (κ3) is 3.65. The molecule has 1 unspecified atom stereocenters. The summed E-state index contributed by atoms with van der Waals surface area (Å²) in [5.41, 5.74) is 1.30. The van der Waals surface area contributed by atoms with Gasteiger partial charge in [-0.3, -0.25) is 0 Å². The van der Waals surface area contributed by atoms with Crippen LogP contribution < -0.4 is 9.47 Å². The summed E-state index contributed by atoms with van der Waals surface area (Å²) in [6, 6.07) is 6.32. The lowest BCUT2D eigenvalue weighted by Crippen LogP contribution is -2.04. The van der Waals surface area contributed by atoms with Crippen LogP contribution in [0.5, 0.6) is 11.5 Å². The maximum absolute atomic E-state index is 5.70. The minimum atomic E-state index is 0.435. The van der Waals surface area contributed by atoms with Crippen LogP contribution >= 0.6 is 15.9 Å². The van der Waals surface area contributed by atoms with E-state index < -0.39 is 0 Å². The molecular formula is C16H23BrO2. The van der Waals surface area contributed by atoms with Crippen molar-refractivity contribution in [3.63, 3.8) is 0 Å². The SMILES string of the molecule is CCOc1ccc(C(Br)C2CCCC2)cc1OCC. The molecule has 0 N–H and O–H groups in total. The lowest BCUT2D eigenvalue weighted by atomic mass is 9.97. The minimum Gasteiger partial charge on any atom is -0.490 e. The van der Waals surface area contributed by atoms with Gasteiger partial charge in [-0.15, -0.1) is 0 Å². The van der Waals surface area contributed by atoms with Gasteiger partial charge in [0.25, 0.3) is 0 Å². The van der Waals surface area contributed by atoms with E-state index in [1.165, 1.54) is 31.2 Å². The zero-order chi connectivity index (χ0) is 13.7. The first-order valence-electron chi connectivity index (χ1n) is 7.29. The Labute approximate surface area is 124 Å². The Bertz CT molecular complexity index is 400. The van der Waals surface area contributed by atoms with Crippen LogP contribution in [0.3, 0.4) is 0 Å². The van der Waals surface area contributed by atoms with Gasteiger partial charge in [-0.25, -0.2) is 0 Å². The van der Waals surface area contributed by atoms with E-state index in [0.717, 1.165) is 17.4 Å². The lowest BCUT2D eigenvalue weighted by Gasteiger charge is -2.19. The summed E-state index contributed by atoms with van der Waals surface area (Å²) in [4.78, 5) is 0.435. The first-order valence-corrected chi connectivity index (χ1v) is 8.21. The van der Waals surface area contributed by atoms with Crippen LogP contribution in [0.2, 0.25) is 0 Å². The van der Waals surface area contributed by atoms with Gasteiger partial charge in [0.1, 0.15) is 0 Å². The molecule has 1 aliphatic rings. The first kappa shape index (κ1) is 14.7. The Morgan fingerprint density at radius 2 is 1.74 bits per heavy atom. The standard InChI is InChI=1S/C16H23BrO2/c1-3-18-14-10-9-13(11-15(14)19-4-2)16(17)12-7-5-6-8-12/h9-12,16H,3-8H2,1-2H3. The maximum atomic E-state index is 5.70. The van der Waals surface area contributed by atoms with Crippen molar-refractivity contribution in [1.29, 1.82) is 0 Å². The van der Waals surface area contributed by atoms with Crippen molar-refractivity contribution in [1.82, 2.24) is 0 Å². The molecule has 0 amide bonds. The van der Waals surface area contributed by atoms with Crippen LogP contribution in [0.1, 0.15) is 49.9 Å². The highest BCUT2D eigenvalue weighted by atomic mass is 79.9. The summed E-state index contributed by atoms with van der Waals surface area (Å²) in [6.07, 6.45) is 5.38. The molecule has 2 nitrogen and oxygen atoms in total. The number of hydrogen-bond donors (Lipinski definition) is 0. The third-order valence-corrected chi connectivity index (χ3v) is 4.98. The van der Waals surface area contributed by atoms with Crippen molar-refractivity contribution in [3.8, 4) is 11.5 Å². The fourth-order valence-corrected chi connectivity index (χ4v) is 3.57. The van der Waals surface area contributed by atoms with Crippen molar-refractivity contribution >= 4 is 15.9 Å². The molecule has 1 aromatic carbocycles. The Morgan fingerprint density at radius 3 is 2.37 bits per heavy atom. The molecule has 0 aliphatic heterocycles. The van der Waals surface area contributed by atoms with Crippen molar-refractivity contribution < 1.29 is 9.47 Å². The maximum Gasteiger partial charge on any atom is 0.161 e. The summed E-state index contributed by atoms with van der Waals surface area (Å²) in [5.74, 6) is 2.47. The van der Waals surface area contributed by atoms with Gasteiger partial charge in [-0.2, -0.15) is 0 Å². The average Bonchev–Trinajstić information content (AvgIpc) is 2.94. The van der Waals surface area contributed by atoms with Gasteiger partial charge >= 0.3 is 0 Å². The molecule has 1 aromatic rings. The molecule has 2 rings (SSSR count). The van der Waals surface area contributed by atoms with Crippen LogP contribution in [-0.2, 0) is 0 Å². The molecule has 3 heteroatoms. The molecule has 1 fully saturated rings. The minimum absolute atomic E-state index is 0.435. The molecule has 1 aliphatic carbocycles. The van der Waals surface area contributed by atoms with Crippen molar-refractivity contribution in [2.24, 2.45) is 5.92 Å². The van der Waals surface area contributed by atoms with Gasteiger partial charge in [0.05, 0.1) is 13.2 Å². The summed E-state index contributed by atoms with van der Waals surface area (Å²) in [7, 11) is 0. The van der Waals surface area contributed by atoms with Gasteiger partial charge in [0.2, 0.25) is 0 Å². The smallest absolute Gasteiger partial charge is 0.161 e. The van der Waals surface area contributed by atoms with E-state index in [9.17, 15) is 0 Å². The number of hydrogen-bond acceptors (Lipinski definition) is 2. The van der Waals surface area contributed by atoms with Crippen LogP contribution in [0, 0.1) is 5.92 Å². The van der Waals surface area contributed by atoms with Gasteiger partial charge < -0.3 is 9.47 Å². The van der Waals surface area contributed by atoms with E-state index in [0.29, 0.717) is 18.0 Å². The Morgan fingerprint density at radius 1 is 1.11 bits per heavy atom. The Hall–Kier alpha value is -0.700. The molecule has 0 spiro atoms. The predicted octanol–water partition coefficient (Wildman–Crippen LogP) is 5.11. The van der Waals surface area contributed by atoms with E-state index >= 15 is 0 Å². The zero-order valence-electron chi connectivity index (χ0n) is 11.8. The van der Waals surface area contributed by atoms with Crippen molar-refractivity contribution in [2.75, 3.05) is 13.2 Å². The Kier molecular flexibility index (Phi) is 5.56. The van der Waals surface area contributed by atoms with Crippen LogP contribution in [0.25, 0.3) is 0 Å². The average molecular weight is 327 g/mol. The van der Waals surface area contributed by atoms with Crippen LogP contribution in [0.15, 0.2) is 18.2 Å². The second-order valence-corrected chi connectivity index (χ2v) is 6.01. The quantitative estimate of drug-likeness (QED) is 0.676. The Balaban J connectivity index is 2.18. The zero-order valence-corrected chi connectivity index (χ0v) is 13.4. The third-order valence-electron chi connectivity index (χ3n) is 3.70. The number of alkyl halides is 1. The van der Waals surface area contributed by atoms with Gasteiger partial charge in [0.15, 0.2) is 11.5 Å². The fraction of sp³-hybridized carbons (Fsp3) is 0.625. The normalized spacial score (nSPS) is 17.4. The van der Waals surface area contributed by atoms with E-state index in [1.807, 2.05) is 19.9 Å². The van der Waals surface area contributed by atoms with E-state index in [4.69, 9.17) is 9.47 Å². The molecule has 0 saturated heterocycles. The number of halogens is 1. The molecule has 0 heterocycles. The predicted molar refractivity (Wildman–Crippen MR) is 82.4 cm³/mol. The molecule has 19 heavy (non-hydrogen) atoms. The fourth-order valence-electron chi connectivity index (χ4n) is 2.76. The van der Waals surface area contributed by atoms with Gasteiger partial charge in [-0.05, 0) is 50.3 Å². The molecule has 1 saturated carbocycles. The molecule has 1 atom stereocenters. The molecule has 106 valence electrons. The van der Waals surface area contributed by atoms with Gasteiger partial charge in [0, 0.05) is 4.83 Å². The number of rotatable bonds is 6. The molecular weight excluding hydrogens is 304 g/mol. The van der Waals surface area contributed by atoms with Crippen LogP contribution in [-0.4, -0.2) is 13.2 Å². The monoisotopic (exact) mass is 326 g/mol. The number of ether oxygens (including phenoxy) is 2. The topological polar surface area (TPSA) is 18.5 Å². The number of benzene rings is 1. The second-order valence-electron chi connectivity index (χ2n) is 5.02. The lowest BCUT2D eigenvalue weighted by molar-refractivity contribution is 0.287. The van der Waals surface area contributed by atoms with E-state index in [-0.39, 0.29) is 0 Å². The molecule has 0 bridgehead atoms. The van der Waals surface area contributed by atoms with Crippen molar-refractivity contribution in [3.05, 3.63) is 23.8 Å². The van der Waals surface area contributed by atoms with Gasteiger partial charge in [-0.1, -0.05) is 34.8 Å². The van der Waals surface area contributed by atoms with Crippen molar-refractivity contribution in [2.45, 2.75) is 44.4 Å². The summed E-state index contributed by atoms with van der Waals surface area (Å²) in [5, 5.41) is 0. The first-order chi connectivity index (χ1) is 9.26. The van der Waals surface area contributed by atoms with E-state index in [2.05, 4.69) is 28.1 Å². The largest absolute Gasteiger partial charge is 0.490 e. The highest BCUT2D eigenvalue weighted by Gasteiger charge is 2.24. The second kappa shape index (κ2) is 7.18. The molecule has 0 radical (unpaired) electrons.